The molecule has 0 saturated heterocycles. The fourth-order valence-electron chi connectivity index (χ4n) is 2.17. The Bertz CT molecular complexity index is 599. The van der Waals surface area contributed by atoms with Crippen molar-refractivity contribution in [1.82, 2.24) is 4.57 Å². The molecule has 1 aromatic carbocycles. The molecule has 88 valence electrons. The van der Waals surface area contributed by atoms with Crippen LogP contribution >= 0.6 is 0 Å². The molecule has 3 nitrogen and oxygen atoms in total. The van der Waals surface area contributed by atoms with Crippen LogP contribution in [0.2, 0.25) is 0 Å². The van der Waals surface area contributed by atoms with Crippen LogP contribution in [0.1, 0.15) is 23.3 Å². The second-order valence-corrected chi connectivity index (χ2v) is 4.59. The molecule has 0 radical (unpaired) electrons. The molecule has 0 aliphatic heterocycles. The zero-order valence-electron chi connectivity index (χ0n) is 9.19. The molecule has 1 saturated carbocycles. The van der Waals surface area contributed by atoms with Crippen LogP contribution < -0.4 is 0 Å². The van der Waals surface area contributed by atoms with Gasteiger partial charge in [-0.15, -0.1) is 0 Å². The number of carbonyl (C=O) groups is 1. The molecule has 1 heterocycles. The summed E-state index contributed by atoms with van der Waals surface area (Å²) in [7, 11) is 0. The second-order valence-electron chi connectivity index (χ2n) is 4.59. The number of hydrogen-bond donors (Lipinski definition) is 1. The van der Waals surface area contributed by atoms with E-state index in [2.05, 4.69) is 0 Å². The van der Waals surface area contributed by atoms with E-state index in [0.29, 0.717) is 11.3 Å². The van der Waals surface area contributed by atoms with Gasteiger partial charge >= 0.3 is 5.97 Å². The SMILES string of the molecule is O=C(O)c1cc2cc(F)ccc2n1CC1CC1. The standard InChI is InChI=1S/C13H12FNO2/c14-10-3-4-11-9(5-10)6-12(13(16)17)15(11)7-8-1-2-8/h3-6,8H,1-2,7H2,(H,16,17). The highest BCUT2D eigenvalue weighted by Crippen LogP contribution is 2.33. The Labute approximate surface area is 97.5 Å². The fourth-order valence-corrected chi connectivity index (χ4v) is 2.17. The molecule has 17 heavy (non-hydrogen) atoms. The Morgan fingerprint density at radius 2 is 2.18 bits per heavy atom. The van der Waals surface area contributed by atoms with E-state index >= 15 is 0 Å². The number of halogens is 1. The van der Waals surface area contributed by atoms with Crippen LogP contribution in [-0.2, 0) is 6.54 Å². The van der Waals surface area contributed by atoms with Crippen LogP contribution in [0.4, 0.5) is 4.39 Å². The van der Waals surface area contributed by atoms with Crippen molar-refractivity contribution in [1.29, 1.82) is 0 Å². The number of fused-ring (bicyclic) bond motifs is 1. The van der Waals surface area contributed by atoms with E-state index in [-0.39, 0.29) is 11.5 Å². The lowest BCUT2D eigenvalue weighted by molar-refractivity contribution is 0.0685. The third-order valence-electron chi connectivity index (χ3n) is 3.22. The van der Waals surface area contributed by atoms with Gasteiger partial charge in [0, 0.05) is 17.4 Å². The number of aromatic nitrogens is 1. The summed E-state index contributed by atoms with van der Waals surface area (Å²) in [6, 6.07) is 5.95. The monoisotopic (exact) mass is 233 g/mol. The first-order valence-corrected chi connectivity index (χ1v) is 5.67. The van der Waals surface area contributed by atoms with Gasteiger partial charge in [0.15, 0.2) is 0 Å². The van der Waals surface area contributed by atoms with Gasteiger partial charge in [-0.25, -0.2) is 9.18 Å². The lowest BCUT2D eigenvalue weighted by Crippen LogP contribution is -2.09. The number of aromatic carboxylic acids is 1. The van der Waals surface area contributed by atoms with Crippen LogP contribution in [-0.4, -0.2) is 15.6 Å². The molecule has 4 heteroatoms. The van der Waals surface area contributed by atoms with Gasteiger partial charge in [-0.3, -0.25) is 0 Å². The third-order valence-corrected chi connectivity index (χ3v) is 3.22. The smallest absolute Gasteiger partial charge is 0.352 e. The Hall–Kier alpha value is -1.84. The van der Waals surface area contributed by atoms with E-state index in [9.17, 15) is 9.18 Å². The van der Waals surface area contributed by atoms with Crippen LogP contribution in [0, 0.1) is 11.7 Å². The summed E-state index contributed by atoms with van der Waals surface area (Å²) in [5.41, 5.74) is 1.05. The van der Waals surface area contributed by atoms with E-state index in [1.807, 2.05) is 0 Å². The highest BCUT2D eigenvalue weighted by Gasteiger charge is 2.25. The summed E-state index contributed by atoms with van der Waals surface area (Å²) >= 11 is 0. The number of rotatable bonds is 3. The maximum Gasteiger partial charge on any atom is 0.352 e. The highest BCUT2D eigenvalue weighted by molar-refractivity contribution is 5.94. The molecule has 1 aliphatic carbocycles. The number of hydrogen-bond acceptors (Lipinski definition) is 1. The summed E-state index contributed by atoms with van der Waals surface area (Å²) in [5.74, 6) is -0.714. The van der Waals surface area contributed by atoms with Gasteiger partial charge in [-0.2, -0.15) is 0 Å². The average molecular weight is 233 g/mol. The van der Waals surface area contributed by atoms with Gasteiger partial charge in [-0.1, -0.05) is 0 Å². The maximum atomic E-state index is 13.1. The van der Waals surface area contributed by atoms with Gasteiger partial charge in [0.2, 0.25) is 0 Å². The molecule has 1 N–H and O–H groups in total. The van der Waals surface area contributed by atoms with E-state index in [1.165, 1.54) is 12.1 Å². The first-order chi connectivity index (χ1) is 8.15. The molecule has 1 aromatic heterocycles. The molecule has 0 amide bonds. The summed E-state index contributed by atoms with van der Waals surface area (Å²) in [6.07, 6.45) is 2.31. The van der Waals surface area contributed by atoms with Crippen molar-refractivity contribution in [3.8, 4) is 0 Å². The minimum absolute atomic E-state index is 0.248. The minimum Gasteiger partial charge on any atom is -0.477 e. The predicted octanol–water partition coefficient (Wildman–Crippen LogP) is 2.89. The number of nitrogens with zero attached hydrogens (tertiary/aromatic N) is 1. The summed E-state index contributed by atoms with van der Waals surface area (Å²) in [5, 5.41) is 9.81. The first kappa shape index (κ1) is 10.3. The maximum absolute atomic E-state index is 13.1. The fraction of sp³-hybridized carbons (Fsp3) is 0.308. The van der Waals surface area contributed by atoms with E-state index in [1.54, 1.807) is 16.7 Å². The molecule has 3 rings (SSSR count). The van der Waals surface area contributed by atoms with Crippen molar-refractivity contribution >= 4 is 16.9 Å². The van der Waals surface area contributed by atoms with Crippen molar-refractivity contribution in [2.45, 2.75) is 19.4 Å². The van der Waals surface area contributed by atoms with Crippen LogP contribution in [0.15, 0.2) is 24.3 Å². The molecule has 1 aliphatic rings. The van der Waals surface area contributed by atoms with E-state index in [0.717, 1.165) is 24.9 Å². The van der Waals surface area contributed by atoms with Gasteiger partial charge in [-0.05, 0) is 43.0 Å². The molecule has 2 aromatic rings. The zero-order valence-corrected chi connectivity index (χ0v) is 9.19. The van der Waals surface area contributed by atoms with Crippen molar-refractivity contribution in [2.75, 3.05) is 0 Å². The number of benzene rings is 1. The third kappa shape index (κ3) is 1.79. The van der Waals surface area contributed by atoms with Crippen LogP contribution in [0.3, 0.4) is 0 Å². The highest BCUT2D eigenvalue weighted by atomic mass is 19.1. The van der Waals surface area contributed by atoms with Crippen LogP contribution in [0.5, 0.6) is 0 Å². The summed E-state index contributed by atoms with van der Waals surface area (Å²) < 4.78 is 14.9. The van der Waals surface area contributed by atoms with E-state index < -0.39 is 5.97 Å². The Morgan fingerprint density at radius 3 is 2.82 bits per heavy atom. The Morgan fingerprint density at radius 1 is 1.41 bits per heavy atom. The van der Waals surface area contributed by atoms with Crippen molar-refractivity contribution in [3.63, 3.8) is 0 Å². The van der Waals surface area contributed by atoms with Gasteiger partial charge < -0.3 is 9.67 Å². The lowest BCUT2D eigenvalue weighted by atomic mass is 10.2. The summed E-state index contributed by atoms with van der Waals surface area (Å²) in [4.78, 5) is 11.2. The minimum atomic E-state index is -0.956. The second kappa shape index (κ2) is 3.58. The normalized spacial score (nSPS) is 15.4. The van der Waals surface area contributed by atoms with Crippen molar-refractivity contribution in [2.24, 2.45) is 5.92 Å². The molecule has 0 spiro atoms. The molecular formula is C13H12FNO2. The quantitative estimate of drug-likeness (QED) is 0.885. The topological polar surface area (TPSA) is 42.2 Å². The first-order valence-electron chi connectivity index (χ1n) is 5.67. The molecule has 0 bridgehead atoms. The van der Waals surface area contributed by atoms with Crippen molar-refractivity contribution < 1.29 is 14.3 Å². The Kier molecular flexibility index (Phi) is 2.18. The van der Waals surface area contributed by atoms with Gasteiger partial charge in [0.25, 0.3) is 0 Å². The largest absolute Gasteiger partial charge is 0.477 e. The number of carboxylic acids is 1. The Balaban J connectivity index is 2.18. The summed E-state index contributed by atoms with van der Waals surface area (Å²) in [6.45, 7) is 0.719. The molecule has 0 unspecified atom stereocenters. The average Bonchev–Trinajstić information content (AvgIpc) is 3.00. The van der Waals surface area contributed by atoms with Crippen LogP contribution in [0.25, 0.3) is 10.9 Å². The zero-order chi connectivity index (χ0) is 12.0. The lowest BCUT2D eigenvalue weighted by Gasteiger charge is -2.06. The number of carboxylic acid groups (broad SMARTS) is 1. The predicted molar refractivity (Wildman–Crippen MR) is 61.6 cm³/mol. The molecule has 1 fully saturated rings. The van der Waals surface area contributed by atoms with E-state index in [4.69, 9.17) is 5.11 Å². The van der Waals surface area contributed by atoms with Gasteiger partial charge in [0.05, 0.1) is 0 Å². The molecule has 0 atom stereocenters. The van der Waals surface area contributed by atoms with Crippen molar-refractivity contribution in [3.05, 3.63) is 35.8 Å². The molecular weight excluding hydrogens is 221 g/mol. The van der Waals surface area contributed by atoms with Gasteiger partial charge in [0.1, 0.15) is 11.5 Å².